The van der Waals surface area contributed by atoms with E-state index in [0.29, 0.717) is 0 Å². The van der Waals surface area contributed by atoms with Crippen molar-refractivity contribution in [2.75, 3.05) is 0 Å². The molecule has 0 saturated heterocycles. The van der Waals surface area contributed by atoms with Crippen LogP contribution in [0.25, 0.3) is 0 Å². The predicted molar refractivity (Wildman–Crippen MR) is 235 cm³/mol. The Morgan fingerprint density at radius 2 is 0.518 bits per heavy atom. The molecule has 4 aromatic heterocycles. The van der Waals surface area contributed by atoms with Crippen molar-refractivity contribution in [1.29, 1.82) is 0 Å². The van der Waals surface area contributed by atoms with Crippen LogP contribution >= 0.6 is 41.3 Å². The molecule has 1 aliphatic rings. The van der Waals surface area contributed by atoms with E-state index in [1.54, 1.807) is 0 Å². The largest absolute Gasteiger partial charge is 1.00 e. The first-order valence-electron chi connectivity index (χ1n) is 16.9. The zero-order valence-corrected chi connectivity index (χ0v) is 37.4. The van der Waals surface area contributed by atoms with E-state index in [2.05, 4.69) is 182 Å². The molecule has 4 heterocycles. The number of benzene rings is 6. The third-order valence-corrected chi connectivity index (χ3v) is 60.9. The molecular formula is C42H35F3O3P6RuS. The van der Waals surface area contributed by atoms with Crippen molar-refractivity contribution in [3.8, 4) is 0 Å². The van der Waals surface area contributed by atoms with Crippen molar-refractivity contribution in [3.05, 3.63) is 214 Å². The van der Waals surface area contributed by atoms with Crippen LogP contribution < -0.4 is 31.8 Å². The van der Waals surface area contributed by atoms with E-state index in [4.69, 9.17) is 13.0 Å². The molecule has 0 unspecified atom stereocenters. The van der Waals surface area contributed by atoms with Gasteiger partial charge in [-0.05, 0) is 79.8 Å². The maximum Gasteiger partial charge on any atom is 1.00 e. The molecule has 286 valence electrons. The summed E-state index contributed by atoms with van der Waals surface area (Å²) in [6.45, 7) is 0. The van der Waals surface area contributed by atoms with Crippen molar-refractivity contribution < 1.29 is 45.6 Å². The molecule has 3 nitrogen and oxygen atoms in total. The van der Waals surface area contributed by atoms with Gasteiger partial charge in [-0.25, -0.2) is 8.42 Å². The molecule has 0 bridgehead atoms. The molecule has 0 amide bonds. The van der Waals surface area contributed by atoms with Gasteiger partial charge in [0.15, 0.2) is 10.1 Å². The average Bonchev–Trinajstić information content (AvgIpc) is 4.16. The normalized spacial score (nSPS) is 13.9. The number of halogens is 3. The van der Waals surface area contributed by atoms with Crippen LogP contribution in [0.4, 0.5) is 13.2 Å². The Balaban J connectivity index is 0.000000149. The second-order valence-electron chi connectivity index (χ2n) is 11.6. The Labute approximate surface area is 346 Å². The van der Waals surface area contributed by atoms with Gasteiger partial charge in [0.2, 0.25) is 0 Å². The first-order valence-corrected chi connectivity index (χ1v) is 30.6. The molecular weight excluding hydrogens is 928 g/mol. The molecule has 0 N–H and O–H groups in total. The smallest absolute Gasteiger partial charge is 0.741 e. The summed E-state index contributed by atoms with van der Waals surface area (Å²) in [5, 5.41) is 8.39. The quantitative estimate of drug-likeness (QED) is 0.0722. The third-order valence-electron chi connectivity index (χ3n) is 7.76. The third kappa shape index (κ3) is 13.4. The summed E-state index contributed by atoms with van der Waals surface area (Å²) < 4.78 is 58.9. The van der Waals surface area contributed by atoms with Crippen LogP contribution in [-0.4, -0.2) is 18.5 Å². The molecule has 10 aromatic rings. The molecule has 0 spiro atoms. The van der Waals surface area contributed by atoms with E-state index in [-0.39, 0.29) is 19.5 Å². The Kier molecular flexibility index (Phi) is 17.3. The number of hydrogen-bond acceptors (Lipinski definition) is 3. The van der Waals surface area contributed by atoms with Gasteiger partial charge in [0.25, 0.3) is 0 Å². The maximum atomic E-state index is 10.7. The minimum Gasteiger partial charge on any atom is -0.741 e. The van der Waals surface area contributed by atoms with Crippen LogP contribution in [0.5, 0.6) is 0 Å². The summed E-state index contributed by atoms with van der Waals surface area (Å²) in [7, 11) is -6.98. The summed E-state index contributed by atoms with van der Waals surface area (Å²) in [4.78, 5) is 0. The summed E-state index contributed by atoms with van der Waals surface area (Å²) in [5.41, 5.74) is -5.65. The van der Waals surface area contributed by atoms with Crippen LogP contribution in [0.15, 0.2) is 182 Å². The van der Waals surface area contributed by atoms with Crippen molar-refractivity contribution >= 4 is 83.3 Å². The van der Waals surface area contributed by atoms with Gasteiger partial charge >= 0.3 is 25.0 Å². The van der Waals surface area contributed by atoms with Gasteiger partial charge in [-0.1, -0.05) is 182 Å². The summed E-state index contributed by atoms with van der Waals surface area (Å²) in [5.74, 6) is 0. The van der Waals surface area contributed by atoms with Gasteiger partial charge in [-0.15, -0.1) is 0 Å². The fourth-order valence-electron chi connectivity index (χ4n) is 5.01. The van der Waals surface area contributed by atoms with E-state index < -0.39 is 31.5 Å². The zero-order valence-electron chi connectivity index (χ0n) is 29.5. The molecule has 11 rings (SSSR count). The van der Waals surface area contributed by atoms with Gasteiger partial charge in [0.05, 0.1) is 0 Å². The zero-order chi connectivity index (χ0) is 38.7. The van der Waals surface area contributed by atoms with Crippen molar-refractivity contribution in [2.45, 2.75) is 5.51 Å². The van der Waals surface area contributed by atoms with E-state index in [1.807, 2.05) is 32.1 Å². The van der Waals surface area contributed by atoms with Gasteiger partial charge in [-0.3, -0.25) is 0 Å². The van der Waals surface area contributed by atoms with Gasteiger partial charge in [0.1, 0.15) is 0 Å². The first-order chi connectivity index (χ1) is 26.6. The Bertz CT molecular complexity index is 2000. The summed E-state index contributed by atoms with van der Waals surface area (Å²) in [6.07, 6.45) is 14.3. The van der Waals surface area contributed by atoms with E-state index in [1.165, 1.54) is 31.8 Å². The molecule has 6 aromatic carbocycles. The molecule has 1 aliphatic carbocycles. The minimum atomic E-state index is -6.09. The van der Waals surface area contributed by atoms with Gasteiger partial charge in [0, 0.05) is 25.5 Å². The SMILES string of the molecule is O=S(=O)([O-])C(F)(F)F.[CH]1[CH][CH][CH][CH]1.[Ru+].c1ccc(P(c2ccccc2)c2ccccc2)cc1.c1ccc(P(c2ccccc2)c2ccccc2)cc1.p12p3p1p23. The topological polar surface area (TPSA) is 57.2 Å². The van der Waals surface area contributed by atoms with Crippen molar-refractivity contribution in [1.82, 2.24) is 0 Å². The monoisotopic (exact) mass is 964 g/mol. The Hall–Kier alpha value is -2.30. The number of alkyl halides is 3. The molecule has 0 aliphatic heterocycles. The fraction of sp³-hybridized carbons (Fsp3) is 0.0238. The maximum absolute atomic E-state index is 10.7. The molecule has 0 atom stereocenters. The molecule has 1 saturated carbocycles. The van der Waals surface area contributed by atoms with Crippen molar-refractivity contribution in [2.24, 2.45) is 0 Å². The molecule has 56 heavy (non-hydrogen) atoms. The molecule has 6 radical (unpaired) electrons. The van der Waals surface area contributed by atoms with Crippen LogP contribution in [0.1, 0.15) is 0 Å². The number of rotatable bonds is 6. The van der Waals surface area contributed by atoms with Gasteiger partial charge in [-0.2, -0.15) is 13.2 Å². The second-order valence-corrected chi connectivity index (χ2v) is 45.3. The summed E-state index contributed by atoms with van der Waals surface area (Å²) >= 11 is 0. The molecule has 1 fully saturated rings. The Morgan fingerprint density at radius 3 is 0.625 bits per heavy atom. The molecule has 14 heteroatoms. The van der Waals surface area contributed by atoms with E-state index in [9.17, 15) is 13.2 Å². The second kappa shape index (κ2) is 21.6. The average molecular weight is 964 g/mol. The summed E-state index contributed by atoms with van der Waals surface area (Å²) in [6, 6.07) is 64.7. The fourth-order valence-corrected chi connectivity index (χ4v) is 71.2. The van der Waals surface area contributed by atoms with Crippen LogP contribution in [0, 0.1) is 32.1 Å². The van der Waals surface area contributed by atoms with Crippen LogP contribution in [0.2, 0.25) is 0 Å². The van der Waals surface area contributed by atoms with E-state index in [0.717, 1.165) is 25.5 Å². The Morgan fingerprint density at radius 1 is 0.375 bits per heavy atom. The van der Waals surface area contributed by atoms with Crippen LogP contribution in [-0.2, 0) is 29.6 Å². The van der Waals surface area contributed by atoms with Crippen LogP contribution in [0.3, 0.4) is 0 Å². The predicted octanol–water partition coefficient (Wildman–Crippen LogP) is 11.4. The minimum absolute atomic E-state index is 0. The van der Waals surface area contributed by atoms with Crippen molar-refractivity contribution in [3.63, 3.8) is 0 Å². The first kappa shape index (κ1) is 44.8. The van der Waals surface area contributed by atoms with E-state index >= 15 is 0 Å². The van der Waals surface area contributed by atoms with Gasteiger partial charge < -0.3 is 4.55 Å². The number of hydrogen-bond donors (Lipinski definition) is 0. The standard InChI is InChI=1S/2C18H15P.C5H5.CHF3O3S.P4.Ru/c2*1-4-10-16(11-5-1)19(17-12-6-2-7-13-17)18-14-8-3-9-15-18;1-2-4-5-3-1;2-1(3,4)8(5,6)7;1-2-3(1)4(1)2;/h2*1-15H;1-5H;(H,5,6,7);;/q;;;;;+1/p-1.